The van der Waals surface area contributed by atoms with E-state index in [9.17, 15) is 96.9 Å². The zero-order valence-electron chi connectivity index (χ0n) is 13.8. The fourth-order valence-electron chi connectivity index (χ4n) is 1.52. The monoisotopic (exact) mass is 585 g/mol. The molecule has 0 heterocycles. The van der Waals surface area contributed by atoms with Gasteiger partial charge in [0, 0.05) is 0 Å². The Hall–Kier alpha value is -0.980. The first kappa shape index (κ1) is 32.0. The summed E-state index contributed by atoms with van der Waals surface area (Å²) in [6, 6.07) is 0. The first-order chi connectivity index (χ1) is 13.7. The van der Waals surface area contributed by atoms with E-state index in [-0.39, 0.29) is 0 Å². The van der Waals surface area contributed by atoms with Gasteiger partial charge in [0.2, 0.25) is 0 Å². The molecule has 0 aliphatic rings. The SMILES string of the molecule is O=P(NP(=O)(C(F)(F)C(F)(F)F)C(F)(F)C(F)(F)F)(C(F)(F)C(F)(F)F)C(F)(F)C(F)(F)F. The van der Waals surface area contributed by atoms with Crippen LogP contribution in [0.15, 0.2) is 0 Å². The second kappa shape index (κ2) is 7.76. The first-order valence-electron chi connectivity index (χ1n) is 6.49. The summed E-state index contributed by atoms with van der Waals surface area (Å²) in [5.41, 5.74) is -33.9. The molecule has 0 amide bonds. The Morgan fingerprint density at radius 2 is 0.455 bits per heavy atom. The van der Waals surface area contributed by atoms with Crippen LogP contribution in [0.2, 0.25) is 0 Å². The van der Waals surface area contributed by atoms with Gasteiger partial charge < -0.3 is 0 Å². The Balaban J connectivity index is 7.85. The van der Waals surface area contributed by atoms with Crippen molar-refractivity contribution in [1.82, 2.24) is 4.86 Å². The zero-order valence-corrected chi connectivity index (χ0v) is 15.6. The number of halogens is 20. The molecule has 3 nitrogen and oxygen atoms in total. The molecule has 0 rings (SSSR count). The van der Waals surface area contributed by atoms with E-state index in [4.69, 9.17) is 0 Å². The molecule has 1 N–H and O–H groups in total. The minimum absolute atomic E-state index is 2.17. The van der Waals surface area contributed by atoms with Crippen LogP contribution in [0.4, 0.5) is 87.8 Å². The van der Waals surface area contributed by atoms with Gasteiger partial charge in [-0.1, -0.05) is 0 Å². The zero-order chi connectivity index (χ0) is 27.7. The average molecular weight is 585 g/mol. The molecule has 0 saturated heterocycles. The first-order valence-corrected chi connectivity index (χ1v) is 9.90. The Morgan fingerprint density at radius 3 is 0.545 bits per heavy atom. The predicted octanol–water partition coefficient (Wildman–Crippen LogP) is 7.75. The fraction of sp³-hybridized carbons (Fsp3) is 1.00. The van der Waals surface area contributed by atoms with Crippen LogP contribution in [-0.2, 0) is 9.13 Å². The van der Waals surface area contributed by atoms with Gasteiger partial charge in [-0.2, -0.15) is 92.7 Å². The van der Waals surface area contributed by atoms with Crippen LogP contribution in [0.1, 0.15) is 0 Å². The quantitative estimate of drug-likeness (QED) is 0.256. The van der Waals surface area contributed by atoms with E-state index in [2.05, 4.69) is 0 Å². The molecule has 0 bridgehead atoms. The van der Waals surface area contributed by atoms with Gasteiger partial charge in [0.25, 0.3) is 0 Å². The molecule has 0 aliphatic carbocycles. The number of alkyl halides is 20. The minimum atomic E-state index is -10.2. The molecule has 200 valence electrons. The Kier molecular flexibility index (Phi) is 7.53. The molecular weight excluding hydrogens is 584 g/mol. The van der Waals surface area contributed by atoms with Crippen molar-refractivity contribution in [2.75, 3.05) is 0 Å². The summed E-state index contributed by atoms with van der Waals surface area (Å²) < 4.78 is 277. The van der Waals surface area contributed by atoms with Crippen molar-refractivity contribution >= 4 is 14.6 Å². The lowest BCUT2D eigenvalue weighted by Gasteiger charge is -2.41. The lowest BCUT2D eigenvalue weighted by Crippen LogP contribution is -2.56. The highest BCUT2D eigenvalue weighted by Crippen LogP contribution is 2.84. The van der Waals surface area contributed by atoms with Crippen LogP contribution in [-0.4, -0.2) is 47.4 Å². The second-order valence-corrected chi connectivity index (χ2v) is 11.0. The van der Waals surface area contributed by atoms with E-state index in [1.807, 2.05) is 0 Å². The highest BCUT2D eigenvalue weighted by atomic mass is 31.2. The standard InChI is InChI=1S/C8HF20NO2P2/c9-1(10,11)5(21,22)32(30,6(23,24)2(12,13)14)29-33(31,7(25,26)3(15,16)17)8(27,28)4(18,19)20/h(H,29,30,31). The smallest absolute Gasteiger partial charge is 0.293 e. The number of hydrogen-bond donors (Lipinski definition) is 1. The van der Waals surface area contributed by atoms with Gasteiger partial charge in [-0.3, -0.25) is 9.13 Å². The lowest BCUT2D eigenvalue weighted by molar-refractivity contribution is -0.269. The van der Waals surface area contributed by atoms with Crippen LogP contribution < -0.4 is 4.86 Å². The van der Waals surface area contributed by atoms with Gasteiger partial charge in [0.1, 0.15) is 0 Å². The van der Waals surface area contributed by atoms with Crippen molar-refractivity contribution in [2.24, 2.45) is 0 Å². The van der Waals surface area contributed by atoms with Crippen LogP contribution in [0, 0.1) is 0 Å². The third kappa shape index (κ3) is 4.40. The van der Waals surface area contributed by atoms with Crippen molar-refractivity contribution in [3.05, 3.63) is 0 Å². The van der Waals surface area contributed by atoms with E-state index in [0.717, 1.165) is 0 Å². The number of hydrogen-bond acceptors (Lipinski definition) is 2. The molecule has 0 aromatic heterocycles. The van der Waals surface area contributed by atoms with Crippen molar-refractivity contribution in [3.63, 3.8) is 0 Å². The highest BCUT2D eigenvalue weighted by Gasteiger charge is 2.90. The van der Waals surface area contributed by atoms with Crippen LogP contribution in [0.25, 0.3) is 0 Å². The Labute approximate surface area is 165 Å². The van der Waals surface area contributed by atoms with E-state index in [1.165, 1.54) is 0 Å². The van der Waals surface area contributed by atoms with Gasteiger partial charge in [-0.25, -0.2) is 0 Å². The molecule has 25 heteroatoms. The van der Waals surface area contributed by atoms with Crippen LogP contribution in [0.3, 0.4) is 0 Å². The molecular formula is C8HF20NO2P2. The molecule has 0 aliphatic heterocycles. The summed E-state index contributed by atoms with van der Waals surface area (Å²) in [6.45, 7) is 0. The van der Waals surface area contributed by atoms with Gasteiger partial charge in [-0.05, 0) is 0 Å². The molecule has 0 radical (unpaired) electrons. The topological polar surface area (TPSA) is 46.2 Å². The second-order valence-electron chi connectivity index (χ2n) is 5.47. The Morgan fingerprint density at radius 1 is 0.333 bits per heavy atom. The van der Waals surface area contributed by atoms with Crippen molar-refractivity contribution in [2.45, 2.75) is 47.4 Å². The summed E-state index contributed by atoms with van der Waals surface area (Å²) >= 11 is 0. The van der Waals surface area contributed by atoms with Crippen LogP contribution >= 0.6 is 14.6 Å². The predicted molar refractivity (Wildman–Crippen MR) is 62.4 cm³/mol. The molecule has 33 heavy (non-hydrogen) atoms. The Bertz CT molecular complexity index is 701. The molecule has 0 unspecified atom stereocenters. The summed E-state index contributed by atoms with van der Waals surface area (Å²) in [5.74, 6) is 0. The minimum Gasteiger partial charge on any atom is -0.293 e. The number of nitrogens with one attached hydrogen (secondary N) is 1. The summed E-state index contributed by atoms with van der Waals surface area (Å²) in [6.07, 6.45) is -32.5. The van der Waals surface area contributed by atoms with Crippen molar-refractivity contribution < 1.29 is 96.9 Å². The van der Waals surface area contributed by atoms with E-state index < -0.39 is 66.8 Å². The van der Waals surface area contributed by atoms with E-state index in [1.54, 1.807) is 0 Å². The molecule has 0 fully saturated rings. The van der Waals surface area contributed by atoms with Gasteiger partial charge in [0.15, 0.2) is 0 Å². The molecule has 0 aromatic rings. The molecule has 0 saturated carbocycles. The lowest BCUT2D eigenvalue weighted by atomic mass is 10.7. The van der Waals surface area contributed by atoms with E-state index in [0.29, 0.717) is 0 Å². The van der Waals surface area contributed by atoms with Crippen molar-refractivity contribution in [1.29, 1.82) is 0 Å². The van der Waals surface area contributed by atoms with Crippen molar-refractivity contribution in [3.8, 4) is 0 Å². The number of rotatable bonds is 6. The maximum absolute atomic E-state index is 13.3. The molecule has 0 spiro atoms. The normalized spacial score (nSPS) is 16.8. The fourth-order valence-corrected chi connectivity index (χ4v) is 7.25. The van der Waals surface area contributed by atoms with Crippen LogP contribution in [0.5, 0.6) is 0 Å². The van der Waals surface area contributed by atoms with Gasteiger partial charge in [0.05, 0.1) is 0 Å². The third-order valence-corrected chi connectivity index (χ3v) is 9.66. The third-order valence-electron chi connectivity index (χ3n) is 3.23. The summed E-state index contributed by atoms with van der Waals surface area (Å²) in [7, 11) is -20.4. The van der Waals surface area contributed by atoms with E-state index >= 15 is 0 Å². The highest BCUT2D eigenvalue weighted by molar-refractivity contribution is 7.79. The summed E-state index contributed by atoms with van der Waals surface area (Å²) in [4.78, 5) is -2.17. The average Bonchev–Trinajstić information content (AvgIpc) is 2.49. The maximum Gasteiger partial charge on any atom is 0.462 e. The summed E-state index contributed by atoms with van der Waals surface area (Å²) in [5, 5.41) is 0. The maximum atomic E-state index is 13.3. The molecule has 0 aromatic carbocycles. The molecule has 0 atom stereocenters. The van der Waals surface area contributed by atoms with Gasteiger partial charge >= 0.3 is 61.9 Å². The van der Waals surface area contributed by atoms with Gasteiger partial charge in [-0.15, -0.1) is 0 Å². The largest absolute Gasteiger partial charge is 0.462 e.